The third-order valence-electron chi connectivity index (χ3n) is 5.66. The molecule has 0 spiro atoms. The van der Waals surface area contributed by atoms with Crippen molar-refractivity contribution in [3.05, 3.63) is 59.9 Å². The minimum atomic E-state index is -0.196. The van der Waals surface area contributed by atoms with Gasteiger partial charge in [0.15, 0.2) is 0 Å². The molecule has 29 heavy (non-hydrogen) atoms. The second-order valence-electron chi connectivity index (χ2n) is 7.38. The lowest BCUT2D eigenvalue weighted by Gasteiger charge is -2.31. The number of aromatic nitrogens is 2. The van der Waals surface area contributed by atoms with Crippen LogP contribution in [0.1, 0.15) is 45.4 Å². The Bertz CT molecular complexity index is 1000. The second-order valence-corrected chi connectivity index (χ2v) is 7.38. The Morgan fingerprint density at radius 1 is 0.966 bits per heavy atom. The number of nitrogens with zero attached hydrogens (tertiary/aromatic N) is 4. The number of piperidine rings is 1. The predicted octanol–water partition coefficient (Wildman–Crippen LogP) is 2.81. The average Bonchev–Trinajstić information content (AvgIpc) is 3.49. The molecule has 0 atom stereocenters. The fourth-order valence-corrected chi connectivity index (χ4v) is 3.99. The number of hydrogen-bond donors (Lipinski definition) is 0. The van der Waals surface area contributed by atoms with E-state index in [2.05, 4.69) is 15.1 Å². The van der Waals surface area contributed by atoms with Crippen LogP contribution in [0.5, 0.6) is 0 Å². The molecule has 8 heteroatoms. The molecule has 1 fully saturated rings. The zero-order valence-corrected chi connectivity index (χ0v) is 15.8. The van der Waals surface area contributed by atoms with Gasteiger partial charge in [-0.3, -0.25) is 14.5 Å². The van der Waals surface area contributed by atoms with Gasteiger partial charge < -0.3 is 13.7 Å². The van der Waals surface area contributed by atoms with E-state index in [1.54, 1.807) is 42.9 Å². The largest absolute Gasteiger partial charge is 0.472 e. The van der Waals surface area contributed by atoms with E-state index < -0.39 is 0 Å². The smallest absolute Gasteiger partial charge is 0.261 e. The van der Waals surface area contributed by atoms with Gasteiger partial charge in [-0.1, -0.05) is 12.1 Å². The van der Waals surface area contributed by atoms with E-state index in [4.69, 9.17) is 8.83 Å². The SMILES string of the molecule is O=C1c2ccccc2C(=O)N1CCN1CCC(c2nnc(-c3ccoc3)o2)CC1. The molecule has 1 aromatic carbocycles. The molecule has 0 saturated carbocycles. The van der Waals surface area contributed by atoms with Crippen molar-refractivity contribution in [1.29, 1.82) is 0 Å². The fraction of sp³-hybridized carbons (Fsp3) is 0.333. The molecule has 0 aliphatic carbocycles. The van der Waals surface area contributed by atoms with Gasteiger partial charge >= 0.3 is 0 Å². The number of rotatable bonds is 5. The molecule has 2 amide bonds. The molecule has 0 N–H and O–H groups in total. The van der Waals surface area contributed by atoms with E-state index in [0.717, 1.165) is 31.5 Å². The molecular weight excluding hydrogens is 372 g/mol. The van der Waals surface area contributed by atoms with E-state index in [1.165, 1.54) is 4.90 Å². The lowest BCUT2D eigenvalue weighted by atomic mass is 9.97. The van der Waals surface area contributed by atoms with Crippen molar-refractivity contribution < 1.29 is 18.4 Å². The van der Waals surface area contributed by atoms with E-state index in [-0.39, 0.29) is 17.7 Å². The normalized spacial score (nSPS) is 17.9. The van der Waals surface area contributed by atoms with E-state index >= 15 is 0 Å². The minimum absolute atomic E-state index is 0.196. The number of fused-ring (bicyclic) bond motifs is 1. The molecule has 0 bridgehead atoms. The first kappa shape index (κ1) is 17.8. The lowest BCUT2D eigenvalue weighted by Crippen LogP contribution is -2.41. The Labute approximate surface area is 167 Å². The minimum Gasteiger partial charge on any atom is -0.472 e. The van der Waals surface area contributed by atoms with Crippen molar-refractivity contribution >= 4 is 11.8 Å². The molecule has 8 nitrogen and oxygen atoms in total. The quantitative estimate of drug-likeness (QED) is 0.617. The first-order chi connectivity index (χ1) is 14.2. The molecule has 3 aromatic rings. The number of imide groups is 1. The highest BCUT2D eigenvalue weighted by Crippen LogP contribution is 2.29. The van der Waals surface area contributed by atoms with Crippen LogP contribution in [-0.4, -0.2) is 58.0 Å². The average molecular weight is 392 g/mol. The number of benzene rings is 1. The molecule has 2 aromatic heterocycles. The first-order valence-electron chi connectivity index (χ1n) is 9.74. The van der Waals surface area contributed by atoms with Gasteiger partial charge in [-0.25, -0.2) is 0 Å². The predicted molar refractivity (Wildman–Crippen MR) is 102 cm³/mol. The Morgan fingerprint density at radius 3 is 2.34 bits per heavy atom. The summed E-state index contributed by atoms with van der Waals surface area (Å²) >= 11 is 0. The van der Waals surface area contributed by atoms with Crippen molar-refractivity contribution in [1.82, 2.24) is 20.0 Å². The van der Waals surface area contributed by atoms with Gasteiger partial charge in [0.2, 0.25) is 5.89 Å². The van der Waals surface area contributed by atoms with Crippen molar-refractivity contribution in [2.24, 2.45) is 0 Å². The second kappa shape index (κ2) is 7.29. The molecule has 4 heterocycles. The fourth-order valence-electron chi connectivity index (χ4n) is 3.99. The van der Waals surface area contributed by atoms with Crippen LogP contribution in [0.25, 0.3) is 11.5 Å². The Morgan fingerprint density at radius 2 is 1.69 bits per heavy atom. The number of amides is 2. The number of likely N-dealkylation sites (tertiary alicyclic amines) is 1. The van der Waals surface area contributed by atoms with Crippen LogP contribution in [0.15, 0.2) is 51.7 Å². The summed E-state index contributed by atoms with van der Waals surface area (Å²) in [5, 5.41) is 8.30. The van der Waals surface area contributed by atoms with Gasteiger partial charge in [0.1, 0.15) is 6.26 Å². The Hall–Kier alpha value is -3.26. The van der Waals surface area contributed by atoms with Crippen LogP contribution in [0.4, 0.5) is 0 Å². The number of carbonyl (C=O) groups excluding carboxylic acids is 2. The first-order valence-corrected chi connectivity index (χ1v) is 9.74. The zero-order chi connectivity index (χ0) is 19.8. The highest BCUT2D eigenvalue weighted by Gasteiger charge is 2.35. The summed E-state index contributed by atoms with van der Waals surface area (Å²) in [5.74, 6) is 0.956. The molecule has 2 aliphatic rings. The molecule has 5 rings (SSSR count). The van der Waals surface area contributed by atoms with Gasteiger partial charge in [0.05, 0.1) is 23.0 Å². The third kappa shape index (κ3) is 3.25. The summed E-state index contributed by atoms with van der Waals surface area (Å²) in [6, 6.07) is 8.78. The van der Waals surface area contributed by atoms with Crippen LogP contribution in [-0.2, 0) is 0 Å². The summed E-state index contributed by atoms with van der Waals surface area (Å²) in [6.45, 7) is 2.79. The summed E-state index contributed by atoms with van der Waals surface area (Å²) in [4.78, 5) is 28.6. The van der Waals surface area contributed by atoms with Gasteiger partial charge in [-0.2, -0.15) is 0 Å². The Kier molecular flexibility index (Phi) is 4.48. The van der Waals surface area contributed by atoms with Gasteiger partial charge in [0, 0.05) is 19.0 Å². The molecule has 0 radical (unpaired) electrons. The van der Waals surface area contributed by atoms with Gasteiger partial charge in [-0.15, -0.1) is 10.2 Å². The number of hydrogen-bond acceptors (Lipinski definition) is 7. The van der Waals surface area contributed by atoms with Crippen molar-refractivity contribution in [3.8, 4) is 11.5 Å². The van der Waals surface area contributed by atoms with Crippen LogP contribution < -0.4 is 0 Å². The van der Waals surface area contributed by atoms with Gasteiger partial charge in [0.25, 0.3) is 17.7 Å². The standard InChI is InChI=1S/C21H20N4O4/c26-20-16-3-1-2-4-17(16)21(27)25(20)11-10-24-8-5-14(6-9-24)18-22-23-19(29-18)15-7-12-28-13-15/h1-4,7,12-14H,5-6,8-11H2. The maximum atomic E-state index is 12.5. The van der Waals surface area contributed by atoms with Gasteiger partial charge in [-0.05, 0) is 44.1 Å². The van der Waals surface area contributed by atoms with Crippen LogP contribution in [0, 0.1) is 0 Å². The lowest BCUT2D eigenvalue weighted by molar-refractivity contribution is 0.0629. The Balaban J connectivity index is 1.15. The molecule has 0 unspecified atom stereocenters. The highest BCUT2D eigenvalue weighted by molar-refractivity contribution is 6.21. The molecule has 2 aliphatic heterocycles. The van der Waals surface area contributed by atoms with Crippen molar-refractivity contribution in [2.75, 3.05) is 26.2 Å². The number of furan rings is 1. The van der Waals surface area contributed by atoms with Crippen molar-refractivity contribution in [3.63, 3.8) is 0 Å². The summed E-state index contributed by atoms with van der Waals surface area (Å²) < 4.78 is 10.9. The molecule has 1 saturated heterocycles. The number of carbonyl (C=O) groups is 2. The summed E-state index contributed by atoms with van der Waals surface area (Å²) in [7, 11) is 0. The maximum absolute atomic E-state index is 12.5. The monoisotopic (exact) mass is 392 g/mol. The van der Waals surface area contributed by atoms with Crippen molar-refractivity contribution in [2.45, 2.75) is 18.8 Å². The third-order valence-corrected chi connectivity index (χ3v) is 5.66. The van der Waals surface area contributed by atoms with E-state index in [1.807, 2.05) is 0 Å². The van der Waals surface area contributed by atoms with E-state index in [9.17, 15) is 9.59 Å². The van der Waals surface area contributed by atoms with Crippen LogP contribution >= 0.6 is 0 Å². The summed E-state index contributed by atoms with van der Waals surface area (Å²) in [5.41, 5.74) is 1.78. The maximum Gasteiger partial charge on any atom is 0.261 e. The molecule has 148 valence electrons. The zero-order valence-electron chi connectivity index (χ0n) is 15.8. The molecular formula is C21H20N4O4. The van der Waals surface area contributed by atoms with Crippen LogP contribution in [0.3, 0.4) is 0 Å². The van der Waals surface area contributed by atoms with Crippen LogP contribution in [0.2, 0.25) is 0 Å². The van der Waals surface area contributed by atoms with E-state index in [0.29, 0.717) is 36.0 Å². The topological polar surface area (TPSA) is 92.7 Å². The summed E-state index contributed by atoms with van der Waals surface area (Å²) in [6.07, 6.45) is 4.95. The highest BCUT2D eigenvalue weighted by atomic mass is 16.4.